The molecule has 4 aromatic rings. The van der Waals surface area contributed by atoms with Crippen molar-refractivity contribution in [2.45, 2.75) is 12.6 Å². The number of rotatable bonds is 3. The van der Waals surface area contributed by atoms with Gasteiger partial charge in [-0.05, 0) is 47.2 Å². The molecule has 1 aliphatic carbocycles. The maximum absolute atomic E-state index is 13.3. The van der Waals surface area contributed by atoms with Gasteiger partial charge in [0.15, 0.2) is 11.6 Å². The zero-order valence-corrected chi connectivity index (χ0v) is 13.2. The summed E-state index contributed by atoms with van der Waals surface area (Å²) in [6.07, 6.45) is 2.95. The Bertz CT molecular complexity index is 1140. The van der Waals surface area contributed by atoms with Gasteiger partial charge in [-0.1, -0.05) is 12.1 Å². The molecule has 0 saturated heterocycles. The molecule has 0 amide bonds. The Morgan fingerprint density at radius 3 is 2.84 bits per heavy atom. The van der Waals surface area contributed by atoms with E-state index in [0.717, 1.165) is 22.0 Å². The molecule has 25 heavy (non-hydrogen) atoms. The normalized spacial score (nSPS) is 19.6. The molecule has 3 N–H and O–H groups in total. The Hall–Kier alpha value is -3.15. The summed E-state index contributed by atoms with van der Waals surface area (Å²) in [6, 6.07) is 11.9. The Morgan fingerprint density at radius 2 is 2.04 bits per heavy atom. The van der Waals surface area contributed by atoms with Crippen LogP contribution in [-0.2, 0) is 0 Å². The number of carbonyl (C=O) groups is 1. The fourth-order valence-corrected chi connectivity index (χ4v) is 3.32. The summed E-state index contributed by atoms with van der Waals surface area (Å²) in [5.41, 5.74) is 9.78. The molecular formula is C19H15FN4O. The summed E-state index contributed by atoms with van der Waals surface area (Å²) in [7, 11) is 0. The maximum Gasteiger partial charge on any atom is 0.189 e. The van der Waals surface area contributed by atoms with E-state index in [2.05, 4.69) is 16.0 Å². The second kappa shape index (κ2) is 4.92. The number of H-pyrrole nitrogens is 1. The number of benzene rings is 1. The van der Waals surface area contributed by atoms with Crippen molar-refractivity contribution in [3.63, 3.8) is 0 Å². The van der Waals surface area contributed by atoms with Gasteiger partial charge in [0, 0.05) is 17.9 Å². The van der Waals surface area contributed by atoms with Gasteiger partial charge in [0.1, 0.15) is 17.5 Å². The first-order valence-corrected chi connectivity index (χ1v) is 8.15. The average molecular weight is 334 g/mol. The number of carbonyl (C=O) groups excluding carboxylic acids is 1. The van der Waals surface area contributed by atoms with E-state index in [1.165, 1.54) is 0 Å². The van der Waals surface area contributed by atoms with Gasteiger partial charge < -0.3 is 10.7 Å². The molecule has 2 atom stereocenters. The third kappa shape index (κ3) is 2.14. The van der Waals surface area contributed by atoms with Crippen LogP contribution in [0, 0.1) is 5.92 Å². The van der Waals surface area contributed by atoms with Crippen LogP contribution in [0.3, 0.4) is 0 Å². The number of hydrogen-bond donors (Lipinski definition) is 2. The number of anilines is 1. The minimum atomic E-state index is -1.06. The maximum atomic E-state index is 13.3. The largest absolute Gasteiger partial charge is 0.382 e. The number of ketones is 1. The number of fused-ring (bicyclic) bond motifs is 2. The van der Waals surface area contributed by atoms with Crippen LogP contribution in [0.15, 0.2) is 48.8 Å². The second-order valence-electron chi connectivity index (χ2n) is 6.49. The molecule has 6 heteroatoms. The lowest BCUT2D eigenvalue weighted by Crippen LogP contribution is -2.10. The zero-order chi connectivity index (χ0) is 17.1. The Morgan fingerprint density at radius 1 is 1.24 bits per heavy atom. The first-order chi connectivity index (χ1) is 12.1. The molecule has 0 radical (unpaired) electrons. The Labute approximate surface area is 142 Å². The van der Waals surface area contributed by atoms with Crippen molar-refractivity contribution in [3.05, 3.63) is 54.5 Å². The highest BCUT2D eigenvalue weighted by Gasteiger charge is 2.45. The Kier molecular flexibility index (Phi) is 2.80. The fourth-order valence-electron chi connectivity index (χ4n) is 3.32. The van der Waals surface area contributed by atoms with Crippen molar-refractivity contribution in [1.82, 2.24) is 14.4 Å². The van der Waals surface area contributed by atoms with Crippen molar-refractivity contribution < 1.29 is 9.18 Å². The van der Waals surface area contributed by atoms with Gasteiger partial charge in [-0.15, -0.1) is 0 Å². The van der Waals surface area contributed by atoms with Gasteiger partial charge in [0.05, 0.1) is 5.92 Å². The number of imidazole rings is 1. The SMILES string of the molecule is Nc1nc2ccc(-c3ccc4cc[nH]c4c3)cn2c1C(=O)[C@@H]1C[C@@H]1F. The van der Waals surface area contributed by atoms with E-state index in [1.54, 1.807) is 4.40 Å². The minimum absolute atomic E-state index is 0.154. The van der Waals surface area contributed by atoms with E-state index in [9.17, 15) is 9.18 Å². The predicted molar refractivity (Wildman–Crippen MR) is 94.2 cm³/mol. The summed E-state index contributed by atoms with van der Waals surface area (Å²) in [4.78, 5) is 19.9. The summed E-state index contributed by atoms with van der Waals surface area (Å²) in [6.45, 7) is 0. The summed E-state index contributed by atoms with van der Waals surface area (Å²) < 4.78 is 15.0. The molecule has 1 saturated carbocycles. The Balaban J connectivity index is 1.66. The first-order valence-electron chi connectivity index (χ1n) is 8.15. The summed E-state index contributed by atoms with van der Waals surface area (Å²) in [5, 5.41) is 1.13. The van der Waals surface area contributed by atoms with Crippen LogP contribution in [0.2, 0.25) is 0 Å². The number of Topliss-reactive ketones (excluding diaryl/α,β-unsaturated/α-hetero) is 1. The number of nitrogen functional groups attached to an aromatic ring is 1. The van der Waals surface area contributed by atoms with Crippen molar-refractivity contribution in [2.24, 2.45) is 5.92 Å². The number of aromatic amines is 1. The van der Waals surface area contributed by atoms with Crippen LogP contribution in [0.5, 0.6) is 0 Å². The van der Waals surface area contributed by atoms with E-state index in [-0.39, 0.29) is 23.7 Å². The van der Waals surface area contributed by atoms with Crippen molar-refractivity contribution in [2.75, 3.05) is 5.73 Å². The zero-order valence-electron chi connectivity index (χ0n) is 13.2. The van der Waals surface area contributed by atoms with Crippen molar-refractivity contribution in [3.8, 4) is 11.1 Å². The number of nitrogens with two attached hydrogens (primary N) is 1. The highest BCUT2D eigenvalue weighted by molar-refractivity contribution is 6.03. The fraction of sp³-hybridized carbons (Fsp3) is 0.158. The molecule has 0 spiro atoms. The van der Waals surface area contributed by atoms with Crippen molar-refractivity contribution >= 4 is 28.2 Å². The quantitative estimate of drug-likeness (QED) is 0.562. The van der Waals surface area contributed by atoms with Crippen LogP contribution in [0.1, 0.15) is 16.9 Å². The molecule has 124 valence electrons. The molecule has 3 aromatic heterocycles. The van der Waals surface area contributed by atoms with Gasteiger partial charge in [-0.3, -0.25) is 9.20 Å². The summed E-state index contributed by atoms with van der Waals surface area (Å²) in [5.74, 6) is -0.698. The molecule has 5 rings (SSSR count). The highest BCUT2D eigenvalue weighted by atomic mass is 19.1. The van der Waals surface area contributed by atoms with Gasteiger partial charge in [-0.25, -0.2) is 9.37 Å². The van der Waals surface area contributed by atoms with Crippen molar-refractivity contribution in [1.29, 1.82) is 0 Å². The second-order valence-corrected chi connectivity index (χ2v) is 6.49. The van der Waals surface area contributed by atoms with Gasteiger partial charge in [0.2, 0.25) is 0 Å². The van der Waals surface area contributed by atoms with Gasteiger partial charge in [-0.2, -0.15) is 0 Å². The smallest absolute Gasteiger partial charge is 0.189 e. The lowest BCUT2D eigenvalue weighted by molar-refractivity contribution is 0.0952. The predicted octanol–water partition coefficient (Wildman–Crippen LogP) is 3.61. The van der Waals surface area contributed by atoms with Crippen LogP contribution in [0.25, 0.3) is 27.7 Å². The first kappa shape index (κ1) is 14.2. The number of hydrogen-bond acceptors (Lipinski definition) is 3. The lowest BCUT2D eigenvalue weighted by Gasteiger charge is -2.06. The topological polar surface area (TPSA) is 76.2 Å². The number of halogens is 1. The minimum Gasteiger partial charge on any atom is -0.382 e. The van der Waals surface area contributed by atoms with E-state index in [1.807, 2.05) is 42.7 Å². The van der Waals surface area contributed by atoms with E-state index >= 15 is 0 Å². The molecular weight excluding hydrogens is 319 g/mol. The van der Waals surface area contributed by atoms with E-state index < -0.39 is 12.1 Å². The van der Waals surface area contributed by atoms with Gasteiger partial charge >= 0.3 is 0 Å². The number of nitrogens with one attached hydrogen (secondary N) is 1. The molecule has 1 aromatic carbocycles. The molecule has 0 unspecified atom stereocenters. The average Bonchev–Trinajstić information content (AvgIpc) is 3.04. The monoisotopic (exact) mass is 334 g/mol. The number of nitrogens with zero attached hydrogens (tertiary/aromatic N) is 2. The third-order valence-corrected chi connectivity index (χ3v) is 4.82. The number of aromatic nitrogens is 3. The highest BCUT2D eigenvalue weighted by Crippen LogP contribution is 2.38. The molecule has 3 heterocycles. The molecule has 0 aliphatic heterocycles. The standard InChI is InChI=1S/C19H15FN4O/c20-14-8-13(14)18(25)17-19(21)23-16-4-3-12(9-24(16)17)11-2-1-10-5-6-22-15(10)7-11/h1-7,9,13-14,22H,8,21H2/t13-,14+/m1/s1. The molecule has 1 aliphatic rings. The molecule has 1 fully saturated rings. The summed E-state index contributed by atoms with van der Waals surface area (Å²) >= 11 is 0. The van der Waals surface area contributed by atoms with Crippen LogP contribution in [-0.4, -0.2) is 26.3 Å². The third-order valence-electron chi connectivity index (χ3n) is 4.82. The van der Waals surface area contributed by atoms with Crippen LogP contribution >= 0.6 is 0 Å². The van der Waals surface area contributed by atoms with Gasteiger partial charge in [0.25, 0.3) is 0 Å². The van der Waals surface area contributed by atoms with Crippen LogP contribution in [0.4, 0.5) is 10.2 Å². The van der Waals surface area contributed by atoms with E-state index in [4.69, 9.17) is 5.73 Å². The molecule has 5 nitrogen and oxygen atoms in total. The van der Waals surface area contributed by atoms with Crippen LogP contribution < -0.4 is 5.73 Å². The lowest BCUT2D eigenvalue weighted by atomic mass is 10.1. The number of pyridine rings is 1. The van der Waals surface area contributed by atoms with E-state index in [0.29, 0.717) is 5.65 Å². The number of alkyl halides is 1. The molecule has 0 bridgehead atoms.